The lowest BCUT2D eigenvalue weighted by atomic mass is 10.1. The van der Waals surface area contributed by atoms with E-state index in [1.807, 2.05) is 12.1 Å². The fraction of sp³-hybridized carbons (Fsp3) is 0.250. The van der Waals surface area contributed by atoms with E-state index in [1.54, 1.807) is 0 Å². The van der Waals surface area contributed by atoms with Crippen LogP contribution in [0.1, 0.15) is 22.3 Å². The zero-order valence-electron chi connectivity index (χ0n) is 10.9. The Morgan fingerprint density at radius 3 is 2.28 bits per heavy atom. The lowest BCUT2D eigenvalue weighted by Crippen LogP contribution is -1.99. The molecule has 2 aromatic rings. The highest BCUT2D eigenvalue weighted by atomic mass is 16.5. The van der Waals surface area contributed by atoms with Crippen LogP contribution >= 0.6 is 0 Å². The van der Waals surface area contributed by atoms with Gasteiger partial charge in [0.15, 0.2) is 0 Å². The number of aryl methyl sites for hydroxylation is 2. The number of benzene rings is 2. The number of hydrogen-bond acceptors (Lipinski definition) is 2. The second kappa shape index (κ2) is 5.69. The first-order valence-corrected chi connectivity index (χ1v) is 6.17. The topological polar surface area (TPSA) is 35.2 Å². The minimum atomic E-state index is 0.581. The van der Waals surface area contributed by atoms with Crippen LogP contribution in [0, 0.1) is 13.8 Å². The van der Waals surface area contributed by atoms with Crippen molar-refractivity contribution < 1.29 is 4.74 Å². The smallest absolute Gasteiger partial charge is 0.122 e. The number of ether oxygens (including phenoxy) is 1. The van der Waals surface area contributed by atoms with Crippen molar-refractivity contribution in [3.05, 3.63) is 64.7 Å². The van der Waals surface area contributed by atoms with Crippen LogP contribution in [0.3, 0.4) is 0 Å². The molecule has 2 nitrogen and oxygen atoms in total. The molecule has 0 spiro atoms. The largest absolute Gasteiger partial charge is 0.489 e. The maximum Gasteiger partial charge on any atom is 0.122 e. The molecule has 0 atom stereocenters. The molecule has 0 aromatic heterocycles. The van der Waals surface area contributed by atoms with E-state index >= 15 is 0 Å². The Bertz CT molecular complexity index is 517. The molecule has 0 saturated carbocycles. The molecule has 2 aromatic carbocycles. The van der Waals surface area contributed by atoms with E-state index in [-0.39, 0.29) is 0 Å². The van der Waals surface area contributed by atoms with E-state index in [9.17, 15) is 0 Å². The molecule has 2 rings (SSSR count). The standard InChI is InChI=1S/C16H19NO/c1-12-3-4-13(2)16(9-12)18-11-15-7-5-14(10-17)6-8-15/h3-9H,10-11,17H2,1-2H3. The molecule has 0 unspecified atom stereocenters. The summed E-state index contributed by atoms with van der Waals surface area (Å²) in [5.41, 5.74) is 10.3. The number of rotatable bonds is 4. The summed E-state index contributed by atoms with van der Waals surface area (Å²) >= 11 is 0. The van der Waals surface area contributed by atoms with Gasteiger partial charge in [-0.3, -0.25) is 0 Å². The van der Waals surface area contributed by atoms with Crippen LogP contribution in [-0.2, 0) is 13.2 Å². The third-order valence-corrected chi connectivity index (χ3v) is 3.00. The summed E-state index contributed by atoms with van der Waals surface area (Å²) in [5, 5.41) is 0. The van der Waals surface area contributed by atoms with E-state index in [2.05, 4.69) is 44.2 Å². The first kappa shape index (κ1) is 12.7. The first-order valence-electron chi connectivity index (χ1n) is 6.17. The van der Waals surface area contributed by atoms with Gasteiger partial charge < -0.3 is 10.5 Å². The fourth-order valence-electron chi connectivity index (χ4n) is 1.80. The Kier molecular flexibility index (Phi) is 4.00. The molecule has 0 amide bonds. The summed E-state index contributed by atoms with van der Waals surface area (Å²) in [6, 6.07) is 14.5. The minimum Gasteiger partial charge on any atom is -0.489 e. The van der Waals surface area contributed by atoms with Crippen LogP contribution in [0.25, 0.3) is 0 Å². The molecular weight excluding hydrogens is 222 g/mol. The lowest BCUT2D eigenvalue weighted by molar-refractivity contribution is 0.304. The van der Waals surface area contributed by atoms with Gasteiger partial charge in [0.2, 0.25) is 0 Å². The molecule has 0 saturated heterocycles. The molecule has 0 radical (unpaired) electrons. The Labute approximate surface area is 108 Å². The van der Waals surface area contributed by atoms with Crippen molar-refractivity contribution in [3.8, 4) is 5.75 Å². The summed E-state index contributed by atoms with van der Waals surface area (Å²) in [5.74, 6) is 0.956. The van der Waals surface area contributed by atoms with E-state index in [1.165, 1.54) is 11.1 Å². The Hall–Kier alpha value is -1.80. The fourth-order valence-corrected chi connectivity index (χ4v) is 1.80. The minimum absolute atomic E-state index is 0.581. The second-order valence-corrected chi connectivity index (χ2v) is 4.58. The van der Waals surface area contributed by atoms with Crippen molar-refractivity contribution in [2.45, 2.75) is 27.0 Å². The van der Waals surface area contributed by atoms with Crippen molar-refractivity contribution in [2.24, 2.45) is 5.73 Å². The molecule has 2 heteroatoms. The van der Waals surface area contributed by atoms with Crippen molar-refractivity contribution in [2.75, 3.05) is 0 Å². The van der Waals surface area contributed by atoms with Gasteiger partial charge in [-0.2, -0.15) is 0 Å². The predicted octanol–water partition coefficient (Wildman–Crippen LogP) is 3.34. The van der Waals surface area contributed by atoms with E-state index in [4.69, 9.17) is 10.5 Å². The average molecular weight is 241 g/mol. The Balaban J connectivity index is 2.04. The molecule has 0 bridgehead atoms. The third-order valence-electron chi connectivity index (χ3n) is 3.00. The molecular formula is C16H19NO. The van der Waals surface area contributed by atoms with Gasteiger partial charge in [0.1, 0.15) is 12.4 Å². The van der Waals surface area contributed by atoms with Crippen LogP contribution in [-0.4, -0.2) is 0 Å². The van der Waals surface area contributed by atoms with Gasteiger partial charge in [0.25, 0.3) is 0 Å². The molecule has 2 N–H and O–H groups in total. The monoisotopic (exact) mass is 241 g/mol. The van der Waals surface area contributed by atoms with Crippen LogP contribution in [0.2, 0.25) is 0 Å². The molecule has 0 heterocycles. The molecule has 0 aliphatic carbocycles. The molecule has 18 heavy (non-hydrogen) atoms. The highest BCUT2D eigenvalue weighted by Crippen LogP contribution is 2.20. The van der Waals surface area contributed by atoms with Crippen molar-refractivity contribution in [1.29, 1.82) is 0 Å². The van der Waals surface area contributed by atoms with E-state index in [0.29, 0.717) is 13.2 Å². The van der Waals surface area contributed by atoms with Crippen molar-refractivity contribution in [3.63, 3.8) is 0 Å². The lowest BCUT2D eigenvalue weighted by Gasteiger charge is -2.10. The van der Waals surface area contributed by atoms with Crippen LogP contribution in [0.4, 0.5) is 0 Å². The van der Waals surface area contributed by atoms with Gasteiger partial charge in [-0.15, -0.1) is 0 Å². The first-order chi connectivity index (χ1) is 8.69. The third kappa shape index (κ3) is 3.11. The second-order valence-electron chi connectivity index (χ2n) is 4.58. The van der Waals surface area contributed by atoms with Gasteiger partial charge in [0.05, 0.1) is 0 Å². The van der Waals surface area contributed by atoms with Gasteiger partial charge in [-0.05, 0) is 42.2 Å². The molecule has 94 valence electrons. The SMILES string of the molecule is Cc1ccc(C)c(OCc2ccc(CN)cc2)c1. The van der Waals surface area contributed by atoms with Gasteiger partial charge in [-0.1, -0.05) is 36.4 Å². The Morgan fingerprint density at radius 1 is 0.944 bits per heavy atom. The van der Waals surface area contributed by atoms with Crippen LogP contribution in [0.5, 0.6) is 5.75 Å². The molecule has 0 aliphatic heterocycles. The summed E-state index contributed by atoms with van der Waals surface area (Å²) in [6.45, 7) is 5.31. The van der Waals surface area contributed by atoms with Crippen LogP contribution < -0.4 is 10.5 Å². The normalized spacial score (nSPS) is 10.4. The van der Waals surface area contributed by atoms with Gasteiger partial charge in [-0.25, -0.2) is 0 Å². The highest BCUT2D eigenvalue weighted by Gasteiger charge is 2.00. The van der Waals surface area contributed by atoms with Crippen LogP contribution in [0.15, 0.2) is 42.5 Å². The maximum absolute atomic E-state index is 5.85. The highest BCUT2D eigenvalue weighted by molar-refractivity contribution is 5.36. The van der Waals surface area contributed by atoms with Crippen molar-refractivity contribution in [1.82, 2.24) is 0 Å². The predicted molar refractivity (Wildman–Crippen MR) is 74.6 cm³/mol. The molecule has 0 aliphatic rings. The Morgan fingerprint density at radius 2 is 1.61 bits per heavy atom. The number of hydrogen-bond donors (Lipinski definition) is 1. The molecule has 0 fully saturated rings. The zero-order valence-corrected chi connectivity index (χ0v) is 10.9. The van der Waals surface area contributed by atoms with E-state index < -0.39 is 0 Å². The summed E-state index contributed by atoms with van der Waals surface area (Å²) in [4.78, 5) is 0. The average Bonchev–Trinajstić information content (AvgIpc) is 2.40. The van der Waals surface area contributed by atoms with Gasteiger partial charge in [0, 0.05) is 6.54 Å². The van der Waals surface area contributed by atoms with Crippen molar-refractivity contribution >= 4 is 0 Å². The summed E-state index contributed by atoms with van der Waals surface area (Å²) in [6.07, 6.45) is 0. The maximum atomic E-state index is 5.85. The zero-order chi connectivity index (χ0) is 13.0. The van der Waals surface area contributed by atoms with E-state index in [0.717, 1.165) is 16.9 Å². The van der Waals surface area contributed by atoms with Gasteiger partial charge >= 0.3 is 0 Å². The number of nitrogens with two attached hydrogens (primary N) is 1. The summed E-state index contributed by atoms with van der Waals surface area (Å²) < 4.78 is 5.85. The summed E-state index contributed by atoms with van der Waals surface area (Å²) in [7, 11) is 0. The quantitative estimate of drug-likeness (QED) is 0.891.